The molecule has 9 heteroatoms. The molecule has 0 saturated heterocycles. The topological polar surface area (TPSA) is 95.2 Å². The Morgan fingerprint density at radius 1 is 1.26 bits per heavy atom. The quantitative estimate of drug-likeness (QED) is 0.697. The third kappa shape index (κ3) is 3.43. The van der Waals surface area contributed by atoms with E-state index >= 15 is 0 Å². The fraction of sp³-hybridized carbons (Fsp3) is 0.222. The Morgan fingerprint density at radius 2 is 2.00 bits per heavy atom. The van der Waals surface area contributed by atoms with Crippen molar-refractivity contribution in [3.8, 4) is 0 Å². The minimum absolute atomic E-state index is 0.0588. The summed E-state index contributed by atoms with van der Waals surface area (Å²) < 4.78 is 21.0. The number of pyridine rings is 1. The van der Waals surface area contributed by atoms with Gasteiger partial charge in [-0.2, -0.15) is 0 Å². The number of halogens is 1. The molecular formula is C18H17FN4O4. The number of hydrogen-bond acceptors (Lipinski definition) is 6. The number of aromatic nitrogens is 3. The average molecular weight is 372 g/mol. The Labute approximate surface area is 152 Å². The predicted molar refractivity (Wildman–Crippen MR) is 97.7 cm³/mol. The van der Waals surface area contributed by atoms with Crippen molar-refractivity contribution in [1.82, 2.24) is 14.1 Å². The number of benzene rings is 1. The highest BCUT2D eigenvalue weighted by atomic mass is 19.1. The van der Waals surface area contributed by atoms with Gasteiger partial charge in [0.1, 0.15) is 24.1 Å². The number of carbonyl (C=O) groups excluding carboxylic acids is 1. The number of ether oxygens (including phenoxy) is 1. The van der Waals surface area contributed by atoms with E-state index in [0.717, 1.165) is 16.5 Å². The number of fused-ring (bicyclic) bond motifs is 1. The van der Waals surface area contributed by atoms with Gasteiger partial charge in [-0.05, 0) is 24.6 Å². The molecule has 8 nitrogen and oxygen atoms in total. The van der Waals surface area contributed by atoms with Crippen molar-refractivity contribution < 1.29 is 13.9 Å². The third-order valence-corrected chi connectivity index (χ3v) is 4.12. The maximum absolute atomic E-state index is 14.2. The second-order valence-electron chi connectivity index (χ2n) is 6.02. The van der Waals surface area contributed by atoms with E-state index in [4.69, 9.17) is 0 Å². The zero-order valence-corrected chi connectivity index (χ0v) is 14.9. The summed E-state index contributed by atoms with van der Waals surface area (Å²) in [6, 6.07) is 5.73. The highest BCUT2D eigenvalue weighted by Crippen LogP contribution is 2.23. The summed E-state index contributed by atoms with van der Waals surface area (Å²) in [5.74, 6) is -1.15. The molecule has 2 heterocycles. The van der Waals surface area contributed by atoms with E-state index in [1.165, 1.54) is 36.9 Å². The van der Waals surface area contributed by atoms with Crippen LogP contribution in [0.25, 0.3) is 11.0 Å². The number of methoxy groups -OCH3 is 1. The number of hydrogen-bond donors (Lipinski definition) is 1. The van der Waals surface area contributed by atoms with Gasteiger partial charge >= 0.3 is 5.97 Å². The van der Waals surface area contributed by atoms with Gasteiger partial charge in [-0.1, -0.05) is 6.07 Å². The minimum Gasteiger partial charge on any atom is -0.468 e. The first-order valence-corrected chi connectivity index (χ1v) is 8.01. The van der Waals surface area contributed by atoms with Crippen LogP contribution in [0.5, 0.6) is 0 Å². The van der Waals surface area contributed by atoms with E-state index < -0.39 is 22.9 Å². The Morgan fingerprint density at radius 3 is 2.67 bits per heavy atom. The molecule has 0 spiro atoms. The Balaban J connectivity index is 2.23. The fourth-order valence-corrected chi connectivity index (χ4v) is 2.65. The van der Waals surface area contributed by atoms with Crippen LogP contribution in [0, 0.1) is 12.7 Å². The minimum atomic E-state index is -0.623. The molecular weight excluding hydrogens is 355 g/mol. The maximum Gasteiger partial charge on any atom is 0.325 e. The molecule has 0 atom stereocenters. The van der Waals surface area contributed by atoms with Crippen molar-refractivity contribution in [2.24, 2.45) is 7.05 Å². The number of nitrogens with zero attached hydrogens (tertiary/aromatic N) is 3. The first-order valence-electron chi connectivity index (χ1n) is 8.01. The van der Waals surface area contributed by atoms with Crippen LogP contribution in [0.3, 0.4) is 0 Å². The average Bonchev–Trinajstić information content (AvgIpc) is 2.63. The zero-order valence-electron chi connectivity index (χ0n) is 14.9. The first-order chi connectivity index (χ1) is 12.8. The molecule has 3 rings (SSSR count). The van der Waals surface area contributed by atoms with Crippen LogP contribution < -0.4 is 16.4 Å². The van der Waals surface area contributed by atoms with E-state index in [1.807, 2.05) is 0 Å². The van der Waals surface area contributed by atoms with E-state index in [-0.39, 0.29) is 29.0 Å². The normalized spacial score (nSPS) is 10.8. The summed E-state index contributed by atoms with van der Waals surface area (Å²) in [6.07, 6.45) is 1.16. The Hall–Kier alpha value is -3.49. The van der Waals surface area contributed by atoms with E-state index in [0.29, 0.717) is 0 Å². The maximum atomic E-state index is 14.2. The van der Waals surface area contributed by atoms with E-state index in [9.17, 15) is 18.8 Å². The molecule has 1 aromatic carbocycles. The molecule has 3 aromatic rings. The van der Waals surface area contributed by atoms with Gasteiger partial charge in [0.15, 0.2) is 5.65 Å². The van der Waals surface area contributed by atoms with Crippen LogP contribution in [0.4, 0.5) is 15.8 Å². The van der Waals surface area contributed by atoms with Crippen LogP contribution >= 0.6 is 0 Å². The summed E-state index contributed by atoms with van der Waals surface area (Å²) in [4.78, 5) is 40.7. The smallest absolute Gasteiger partial charge is 0.325 e. The monoisotopic (exact) mass is 372 g/mol. The lowest BCUT2D eigenvalue weighted by atomic mass is 10.2. The number of esters is 1. The summed E-state index contributed by atoms with van der Waals surface area (Å²) in [7, 11) is 2.68. The van der Waals surface area contributed by atoms with Crippen LogP contribution in [0.15, 0.2) is 40.2 Å². The lowest BCUT2D eigenvalue weighted by molar-refractivity contribution is -0.141. The van der Waals surface area contributed by atoms with Gasteiger partial charge in [0.2, 0.25) is 0 Å². The van der Waals surface area contributed by atoms with Crippen molar-refractivity contribution in [3.05, 3.63) is 62.7 Å². The molecule has 2 aromatic heterocycles. The zero-order chi connectivity index (χ0) is 19.7. The van der Waals surface area contributed by atoms with Gasteiger partial charge in [-0.15, -0.1) is 0 Å². The number of aryl methyl sites for hydroxylation is 2. The van der Waals surface area contributed by atoms with E-state index in [2.05, 4.69) is 15.0 Å². The van der Waals surface area contributed by atoms with Crippen LogP contribution in [-0.2, 0) is 23.1 Å². The van der Waals surface area contributed by atoms with Gasteiger partial charge in [0.05, 0.1) is 18.5 Å². The number of anilines is 2. The second-order valence-corrected chi connectivity index (χ2v) is 6.02. The highest BCUT2D eigenvalue weighted by Gasteiger charge is 2.16. The second kappa shape index (κ2) is 7.02. The van der Waals surface area contributed by atoms with Gasteiger partial charge < -0.3 is 10.1 Å². The van der Waals surface area contributed by atoms with Crippen molar-refractivity contribution in [2.45, 2.75) is 13.5 Å². The highest BCUT2D eigenvalue weighted by molar-refractivity contribution is 5.90. The van der Waals surface area contributed by atoms with Gasteiger partial charge in [-0.3, -0.25) is 23.5 Å². The van der Waals surface area contributed by atoms with Crippen LogP contribution in [0.2, 0.25) is 0 Å². The van der Waals surface area contributed by atoms with Gasteiger partial charge in [0.25, 0.3) is 11.1 Å². The molecule has 0 radical (unpaired) electrons. The molecule has 27 heavy (non-hydrogen) atoms. The lowest BCUT2D eigenvalue weighted by Crippen LogP contribution is -2.28. The van der Waals surface area contributed by atoms with Crippen molar-refractivity contribution >= 4 is 28.4 Å². The van der Waals surface area contributed by atoms with Crippen molar-refractivity contribution in [1.29, 1.82) is 0 Å². The molecule has 0 aliphatic rings. The standard InChI is InChI=1S/C18H17FN4O4/c1-10-4-5-12(11(19)6-10)21-13-7-14(24)22(2)17-16(13)18(26)23(9-20-17)8-15(25)27-3/h4-7,9,21H,8H2,1-3H3. The fourth-order valence-electron chi connectivity index (χ4n) is 2.65. The molecule has 0 unspecified atom stereocenters. The van der Waals surface area contributed by atoms with Crippen molar-refractivity contribution in [2.75, 3.05) is 12.4 Å². The number of nitrogens with one attached hydrogen (secondary N) is 1. The number of rotatable bonds is 4. The third-order valence-electron chi connectivity index (χ3n) is 4.12. The molecule has 1 N–H and O–H groups in total. The lowest BCUT2D eigenvalue weighted by Gasteiger charge is -2.13. The number of carbonyl (C=O) groups is 1. The molecule has 0 saturated carbocycles. The summed E-state index contributed by atoms with van der Waals surface area (Å²) in [5, 5.41) is 2.85. The SMILES string of the molecule is COC(=O)Cn1cnc2c(c(Nc3ccc(C)cc3F)cc(=O)n2C)c1=O. The molecule has 0 aliphatic carbocycles. The Bertz CT molecular complexity index is 1170. The molecule has 140 valence electrons. The summed E-state index contributed by atoms with van der Waals surface area (Å²) in [6.45, 7) is 1.41. The van der Waals surface area contributed by atoms with Crippen molar-refractivity contribution in [3.63, 3.8) is 0 Å². The van der Waals surface area contributed by atoms with Gasteiger partial charge in [0, 0.05) is 13.1 Å². The summed E-state index contributed by atoms with van der Waals surface area (Å²) >= 11 is 0. The molecule has 0 bridgehead atoms. The predicted octanol–water partition coefficient (Wildman–Crippen LogP) is 1.46. The Kier molecular flexibility index (Phi) is 4.76. The molecule has 0 fully saturated rings. The van der Waals surface area contributed by atoms with E-state index in [1.54, 1.807) is 13.0 Å². The molecule has 0 aliphatic heterocycles. The molecule has 0 amide bonds. The van der Waals surface area contributed by atoms with Crippen LogP contribution in [0.1, 0.15) is 5.56 Å². The van der Waals surface area contributed by atoms with Crippen LogP contribution in [-0.4, -0.2) is 27.2 Å². The first kappa shape index (κ1) is 18.3. The summed E-state index contributed by atoms with van der Waals surface area (Å²) in [5.41, 5.74) is 0.0780. The largest absolute Gasteiger partial charge is 0.468 e. The van der Waals surface area contributed by atoms with Gasteiger partial charge in [-0.25, -0.2) is 9.37 Å².